The number of methoxy groups -OCH3 is 1. The van der Waals surface area contributed by atoms with Gasteiger partial charge in [0, 0.05) is 0 Å². The van der Waals surface area contributed by atoms with E-state index in [1.165, 1.54) is 0 Å². The zero-order chi connectivity index (χ0) is 15.9. The maximum atomic E-state index is 9.87. The summed E-state index contributed by atoms with van der Waals surface area (Å²) in [7, 11) is 1.58. The number of para-hydroxylation sites is 1. The Hall–Kier alpha value is -2.02. The van der Waals surface area contributed by atoms with Gasteiger partial charge in [0.05, 0.1) is 7.11 Å². The highest BCUT2D eigenvalue weighted by Crippen LogP contribution is 2.21. The SMILES string of the molecule is COc1ccccc1CC(=N)[N-][OH+][C-](O)c1cccc(Br)c1. The molecule has 3 N–H and O–H groups in total. The van der Waals surface area contributed by atoms with Gasteiger partial charge in [0.15, 0.2) is 0 Å². The lowest BCUT2D eigenvalue weighted by atomic mass is 10.1. The van der Waals surface area contributed by atoms with Crippen LogP contribution in [0.3, 0.4) is 0 Å². The van der Waals surface area contributed by atoms with E-state index < -0.39 is 0 Å². The quantitative estimate of drug-likeness (QED) is 0.265. The number of hydroxylamine groups is 1. The van der Waals surface area contributed by atoms with Crippen molar-refractivity contribution in [3.05, 3.63) is 75.9 Å². The molecule has 0 aromatic heterocycles. The van der Waals surface area contributed by atoms with Gasteiger partial charge in [0.1, 0.15) is 5.75 Å². The standard InChI is InChI=1S/C16H16BrN2O3/c1-21-14-8-3-2-5-11(14)10-15(18)19-22-16(20)12-6-4-7-13(17)9-12/h2-9,20,22H,10H2,1H3,(H-,18,19)/q-1. The number of hydrogen-bond donors (Lipinski definition) is 2. The number of nitrogens with zero attached hydrogens (tertiary/aromatic N) is 1. The molecule has 6 heteroatoms. The largest absolute Gasteiger partial charge is 0.496 e. The van der Waals surface area contributed by atoms with E-state index in [0.29, 0.717) is 11.3 Å². The van der Waals surface area contributed by atoms with E-state index in [1.54, 1.807) is 25.3 Å². The third-order valence-electron chi connectivity index (χ3n) is 2.90. The van der Waals surface area contributed by atoms with Crippen molar-refractivity contribution in [2.75, 3.05) is 7.11 Å². The smallest absolute Gasteiger partial charge is 0.248 e. The molecule has 0 aliphatic carbocycles. The van der Waals surface area contributed by atoms with Crippen LogP contribution in [0.1, 0.15) is 11.1 Å². The zero-order valence-electron chi connectivity index (χ0n) is 12.0. The molecule has 22 heavy (non-hydrogen) atoms. The second-order valence-corrected chi connectivity index (χ2v) is 5.38. The molecule has 0 radical (unpaired) electrons. The van der Waals surface area contributed by atoms with Gasteiger partial charge in [0.25, 0.3) is 0 Å². The maximum absolute atomic E-state index is 9.87. The molecule has 0 spiro atoms. The minimum Gasteiger partial charge on any atom is -0.496 e. The molecular formula is C16H16BrN2O3-. The van der Waals surface area contributed by atoms with Crippen LogP contribution in [0.4, 0.5) is 0 Å². The van der Waals surface area contributed by atoms with Gasteiger partial charge in [-0.1, -0.05) is 45.8 Å². The van der Waals surface area contributed by atoms with Gasteiger partial charge in [-0.3, -0.25) is 0 Å². The van der Waals surface area contributed by atoms with Crippen LogP contribution in [0.15, 0.2) is 53.0 Å². The molecular weight excluding hydrogens is 348 g/mol. The predicted octanol–water partition coefficient (Wildman–Crippen LogP) is 4.19. The highest BCUT2D eigenvalue weighted by atomic mass is 79.9. The number of aliphatic hydroxyl groups is 2. The minimum absolute atomic E-state index is 0.0334. The summed E-state index contributed by atoms with van der Waals surface area (Å²) in [4.78, 5) is 3.70. The molecule has 5 nitrogen and oxygen atoms in total. The Bertz CT molecular complexity index is 649. The van der Waals surface area contributed by atoms with Crippen molar-refractivity contribution in [2.45, 2.75) is 6.42 Å². The van der Waals surface area contributed by atoms with Crippen LogP contribution in [0.5, 0.6) is 5.75 Å². The first kappa shape index (κ1) is 16.4. The topological polar surface area (TPSA) is 80.2 Å². The van der Waals surface area contributed by atoms with Crippen LogP contribution in [0, 0.1) is 11.7 Å². The highest BCUT2D eigenvalue weighted by Gasteiger charge is 2.07. The van der Waals surface area contributed by atoms with Crippen molar-refractivity contribution < 1.29 is 14.7 Å². The van der Waals surface area contributed by atoms with E-state index in [2.05, 4.69) is 26.2 Å². The first-order chi connectivity index (χ1) is 10.6. The molecule has 0 aliphatic heterocycles. The molecule has 0 saturated heterocycles. The van der Waals surface area contributed by atoms with Crippen LogP contribution < -0.4 is 4.74 Å². The van der Waals surface area contributed by atoms with Gasteiger partial charge in [-0.15, -0.1) is 12.1 Å². The summed E-state index contributed by atoms with van der Waals surface area (Å²) >= 11 is 3.32. The fourth-order valence-electron chi connectivity index (χ4n) is 1.86. The average molecular weight is 364 g/mol. The van der Waals surface area contributed by atoms with Gasteiger partial charge < -0.3 is 20.1 Å². The zero-order valence-corrected chi connectivity index (χ0v) is 13.5. The maximum Gasteiger partial charge on any atom is 0.248 e. The van der Waals surface area contributed by atoms with Crippen molar-refractivity contribution in [3.8, 4) is 5.75 Å². The molecule has 0 bridgehead atoms. The number of ether oxygens (including phenoxy) is 1. The van der Waals surface area contributed by atoms with Gasteiger partial charge >= 0.3 is 0 Å². The number of rotatable bonds is 6. The lowest BCUT2D eigenvalue weighted by Gasteiger charge is -2.19. The van der Waals surface area contributed by atoms with Crippen LogP contribution in [-0.2, 0) is 6.42 Å². The number of halogens is 1. The number of nitrogens with one attached hydrogen (secondary N) is 1. The van der Waals surface area contributed by atoms with Gasteiger partial charge in [-0.05, 0) is 28.4 Å². The molecule has 116 valence electrons. The fourth-order valence-corrected chi connectivity index (χ4v) is 2.26. The van der Waals surface area contributed by atoms with E-state index in [-0.39, 0.29) is 18.5 Å². The molecule has 2 aromatic carbocycles. The molecule has 2 rings (SSSR count). The van der Waals surface area contributed by atoms with Gasteiger partial charge in [-0.2, -0.15) is 11.5 Å². The van der Waals surface area contributed by atoms with Crippen molar-refractivity contribution in [1.82, 2.24) is 0 Å². The van der Waals surface area contributed by atoms with E-state index in [1.807, 2.05) is 30.3 Å². The van der Waals surface area contributed by atoms with Crippen molar-refractivity contribution in [3.63, 3.8) is 0 Å². The Morgan fingerprint density at radius 1 is 1.32 bits per heavy atom. The van der Waals surface area contributed by atoms with E-state index >= 15 is 0 Å². The van der Waals surface area contributed by atoms with Crippen LogP contribution >= 0.6 is 15.9 Å². The van der Waals surface area contributed by atoms with Crippen molar-refractivity contribution in [1.29, 1.82) is 5.41 Å². The van der Waals surface area contributed by atoms with Crippen molar-refractivity contribution >= 4 is 21.8 Å². The Morgan fingerprint density at radius 3 is 2.82 bits per heavy atom. The fraction of sp³-hybridized carbons (Fsp3) is 0.125. The summed E-state index contributed by atoms with van der Waals surface area (Å²) in [5.74, 6) is 0.730. The molecule has 0 aliphatic rings. The number of benzene rings is 2. The summed E-state index contributed by atoms with van der Waals surface area (Å²) < 4.78 is 6.06. The Balaban J connectivity index is 1.90. The third-order valence-corrected chi connectivity index (χ3v) is 3.39. The normalized spacial score (nSPS) is 10.1. The van der Waals surface area contributed by atoms with Crippen LogP contribution in [0.25, 0.3) is 5.48 Å². The van der Waals surface area contributed by atoms with E-state index in [4.69, 9.17) is 10.1 Å². The summed E-state index contributed by atoms with van der Waals surface area (Å²) in [6.45, 7) is 0. The molecule has 0 fully saturated rings. The van der Waals surface area contributed by atoms with Crippen LogP contribution in [0.2, 0.25) is 0 Å². The summed E-state index contributed by atoms with van der Waals surface area (Å²) in [5.41, 5.74) is 5.13. The number of hydrogen-bond acceptors (Lipinski definition) is 3. The van der Waals surface area contributed by atoms with Crippen molar-refractivity contribution in [2.24, 2.45) is 0 Å². The lowest BCUT2D eigenvalue weighted by molar-refractivity contribution is -0.0422. The Morgan fingerprint density at radius 2 is 2.09 bits per heavy atom. The van der Waals surface area contributed by atoms with E-state index in [9.17, 15) is 5.11 Å². The molecule has 0 atom stereocenters. The summed E-state index contributed by atoms with van der Waals surface area (Å²) in [5, 5.41) is 17.7. The molecule has 0 amide bonds. The van der Waals surface area contributed by atoms with Crippen LogP contribution in [-0.4, -0.2) is 22.9 Å². The Kier molecular flexibility index (Phi) is 5.83. The third kappa shape index (κ3) is 4.49. The molecule has 0 heterocycles. The average Bonchev–Trinajstić information content (AvgIpc) is 2.53. The summed E-state index contributed by atoms with van der Waals surface area (Å²) in [6.07, 6.45) is 0.0466. The Labute approximate surface area is 137 Å². The van der Waals surface area contributed by atoms with E-state index in [0.717, 1.165) is 10.0 Å². The minimum atomic E-state index is -0.230. The molecule has 0 saturated carbocycles. The monoisotopic (exact) mass is 363 g/mol. The molecule has 2 aromatic rings. The predicted molar refractivity (Wildman–Crippen MR) is 88.0 cm³/mol. The second-order valence-electron chi connectivity index (χ2n) is 4.47. The van der Waals surface area contributed by atoms with Gasteiger partial charge in [0.2, 0.25) is 6.29 Å². The second kappa shape index (κ2) is 7.84. The number of aliphatic hydroxyl groups excluding tert-OH is 1. The summed E-state index contributed by atoms with van der Waals surface area (Å²) in [6, 6.07) is 14.5. The first-order valence-electron chi connectivity index (χ1n) is 6.53. The number of amidine groups is 1. The van der Waals surface area contributed by atoms with Gasteiger partial charge in [-0.25, -0.2) is 0 Å². The lowest BCUT2D eigenvalue weighted by Crippen LogP contribution is -2.11. The first-order valence-corrected chi connectivity index (χ1v) is 7.32. The highest BCUT2D eigenvalue weighted by molar-refractivity contribution is 9.10. The molecule has 0 unspecified atom stereocenters.